The summed E-state index contributed by atoms with van der Waals surface area (Å²) < 4.78 is 28.0. The topological polar surface area (TPSA) is 68.8 Å². The Hall–Kier alpha value is -3.40. The Kier molecular flexibility index (Phi) is 4.43. The molecule has 7 heteroatoms. The molecule has 1 saturated carbocycles. The van der Waals surface area contributed by atoms with Crippen LogP contribution in [0, 0.1) is 28.9 Å². The monoisotopic (exact) mass is 404 g/mol. The zero-order valence-electron chi connectivity index (χ0n) is 16.1. The molecule has 1 fully saturated rings. The van der Waals surface area contributed by atoms with Crippen LogP contribution in [0.2, 0.25) is 0 Å². The number of nitrogens with zero attached hydrogens (tertiary/aromatic N) is 4. The third-order valence-corrected chi connectivity index (χ3v) is 5.87. The average molecular weight is 404 g/mol. The van der Waals surface area contributed by atoms with E-state index in [1.165, 1.54) is 17.1 Å². The van der Waals surface area contributed by atoms with Crippen LogP contribution in [0.15, 0.2) is 52.6 Å². The van der Waals surface area contributed by atoms with E-state index in [0.717, 1.165) is 30.2 Å². The molecule has 5 rings (SSSR count). The van der Waals surface area contributed by atoms with E-state index in [-0.39, 0.29) is 24.2 Å². The van der Waals surface area contributed by atoms with Gasteiger partial charge in [-0.2, -0.15) is 10.4 Å². The number of nitriles is 1. The zero-order chi connectivity index (χ0) is 20.8. The lowest BCUT2D eigenvalue weighted by atomic mass is 9.85. The number of aliphatic imine (C=N–C) groups is 1. The fourth-order valence-electron chi connectivity index (χ4n) is 4.20. The normalized spacial score (nSPS) is 23.4. The Morgan fingerprint density at radius 3 is 2.53 bits per heavy atom. The smallest absolute Gasteiger partial charge is 0.250 e. The molecule has 1 amide bonds. The average Bonchev–Trinajstić information content (AvgIpc) is 3.58. The molecule has 0 radical (unpaired) electrons. The predicted molar refractivity (Wildman–Crippen MR) is 107 cm³/mol. The van der Waals surface area contributed by atoms with Crippen LogP contribution in [0.3, 0.4) is 0 Å². The van der Waals surface area contributed by atoms with Gasteiger partial charge in [0.1, 0.15) is 17.8 Å². The first-order valence-corrected chi connectivity index (χ1v) is 9.96. The lowest BCUT2D eigenvalue weighted by Gasteiger charge is -2.38. The summed E-state index contributed by atoms with van der Waals surface area (Å²) in [6.07, 6.45) is 1.92. The maximum atomic E-state index is 14.6. The molecule has 2 unspecified atom stereocenters. The van der Waals surface area contributed by atoms with Crippen LogP contribution in [-0.2, 0) is 4.79 Å². The van der Waals surface area contributed by atoms with E-state index in [4.69, 9.17) is 10.3 Å². The SMILES string of the molecule is N#Cc1ccc(C2=NC3CC(c4ccc(F)cc4F)C(C4CC4)=NN3C(=O)C2)cc1. The molecule has 0 saturated heterocycles. The molecule has 1 aliphatic carbocycles. The highest BCUT2D eigenvalue weighted by Crippen LogP contribution is 2.43. The van der Waals surface area contributed by atoms with E-state index in [0.29, 0.717) is 23.3 Å². The summed E-state index contributed by atoms with van der Waals surface area (Å²) in [4.78, 5) is 17.6. The molecular weight excluding hydrogens is 386 g/mol. The van der Waals surface area contributed by atoms with Gasteiger partial charge in [-0.3, -0.25) is 9.79 Å². The number of carbonyl (C=O) groups is 1. The Bertz CT molecular complexity index is 1130. The van der Waals surface area contributed by atoms with Crippen molar-refractivity contribution in [2.75, 3.05) is 0 Å². The van der Waals surface area contributed by atoms with Gasteiger partial charge in [-0.15, -0.1) is 0 Å². The Morgan fingerprint density at radius 1 is 1.10 bits per heavy atom. The molecule has 0 bridgehead atoms. The highest BCUT2D eigenvalue weighted by Gasteiger charge is 2.43. The third kappa shape index (κ3) is 3.28. The van der Waals surface area contributed by atoms with Crippen LogP contribution in [0.25, 0.3) is 0 Å². The van der Waals surface area contributed by atoms with Gasteiger partial charge in [-0.05, 0) is 48.1 Å². The van der Waals surface area contributed by atoms with Crippen molar-refractivity contribution in [3.05, 3.63) is 70.8 Å². The third-order valence-electron chi connectivity index (χ3n) is 5.87. The molecule has 2 heterocycles. The molecular formula is C23H18F2N4O. The number of rotatable bonds is 3. The van der Waals surface area contributed by atoms with Crippen molar-refractivity contribution in [3.63, 3.8) is 0 Å². The van der Waals surface area contributed by atoms with Crippen LogP contribution in [0.1, 0.15) is 48.3 Å². The van der Waals surface area contributed by atoms with Crippen molar-refractivity contribution in [1.82, 2.24) is 5.01 Å². The van der Waals surface area contributed by atoms with E-state index in [2.05, 4.69) is 11.2 Å². The van der Waals surface area contributed by atoms with Crippen molar-refractivity contribution in [2.24, 2.45) is 16.0 Å². The van der Waals surface area contributed by atoms with Crippen LogP contribution in [0.5, 0.6) is 0 Å². The fourth-order valence-corrected chi connectivity index (χ4v) is 4.20. The van der Waals surface area contributed by atoms with Gasteiger partial charge in [0.15, 0.2) is 0 Å². The molecule has 0 aromatic heterocycles. The molecule has 2 aromatic carbocycles. The quantitative estimate of drug-likeness (QED) is 0.772. The molecule has 0 spiro atoms. The van der Waals surface area contributed by atoms with Crippen molar-refractivity contribution >= 4 is 17.3 Å². The molecule has 2 atom stereocenters. The second-order valence-corrected chi connectivity index (χ2v) is 7.91. The van der Waals surface area contributed by atoms with Crippen LogP contribution in [-0.4, -0.2) is 28.5 Å². The number of hydrogen-bond acceptors (Lipinski definition) is 4. The molecule has 3 aliphatic rings. The van der Waals surface area contributed by atoms with Crippen molar-refractivity contribution < 1.29 is 13.6 Å². The van der Waals surface area contributed by atoms with Crippen LogP contribution < -0.4 is 0 Å². The summed E-state index contributed by atoms with van der Waals surface area (Å²) in [6, 6.07) is 12.6. The summed E-state index contributed by atoms with van der Waals surface area (Å²) in [5.41, 5.74) is 3.14. The second-order valence-electron chi connectivity index (χ2n) is 7.91. The van der Waals surface area contributed by atoms with Gasteiger partial charge in [0, 0.05) is 24.1 Å². The maximum absolute atomic E-state index is 14.6. The van der Waals surface area contributed by atoms with E-state index in [9.17, 15) is 13.6 Å². The number of hydrogen-bond donors (Lipinski definition) is 0. The Labute approximate surface area is 172 Å². The van der Waals surface area contributed by atoms with Gasteiger partial charge in [0.2, 0.25) is 0 Å². The van der Waals surface area contributed by atoms with Gasteiger partial charge in [0.25, 0.3) is 5.91 Å². The first-order valence-electron chi connectivity index (χ1n) is 9.96. The first kappa shape index (κ1) is 18.6. The predicted octanol–water partition coefficient (Wildman–Crippen LogP) is 4.14. The molecule has 150 valence electrons. The van der Waals surface area contributed by atoms with Crippen molar-refractivity contribution in [3.8, 4) is 6.07 Å². The largest absolute Gasteiger partial charge is 0.272 e. The summed E-state index contributed by atoms with van der Waals surface area (Å²) >= 11 is 0. The Morgan fingerprint density at radius 2 is 1.87 bits per heavy atom. The van der Waals surface area contributed by atoms with Crippen molar-refractivity contribution in [2.45, 2.75) is 37.8 Å². The fraction of sp³-hybridized carbons (Fsp3) is 0.304. The summed E-state index contributed by atoms with van der Waals surface area (Å²) in [7, 11) is 0. The molecule has 0 N–H and O–H groups in total. The van der Waals surface area contributed by atoms with E-state index in [1.807, 2.05) is 0 Å². The van der Waals surface area contributed by atoms with E-state index >= 15 is 0 Å². The van der Waals surface area contributed by atoms with Crippen LogP contribution in [0.4, 0.5) is 8.78 Å². The standard InChI is InChI=1S/C23H18F2N4O/c24-16-7-8-17(19(25)9-16)18-10-21-27-20(14-3-1-13(12-26)2-4-14)11-22(30)29(21)28-23(18)15-5-6-15/h1-4,7-9,15,18,21H,5-6,10-11H2. The molecule has 30 heavy (non-hydrogen) atoms. The lowest BCUT2D eigenvalue weighted by Crippen LogP contribution is -2.46. The van der Waals surface area contributed by atoms with Crippen LogP contribution >= 0.6 is 0 Å². The van der Waals surface area contributed by atoms with Crippen molar-refractivity contribution in [1.29, 1.82) is 5.26 Å². The first-order chi connectivity index (χ1) is 14.5. The highest BCUT2D eigenvalue weighted by molar-refractivity contribution is 6.12. The molecule has 5 nitrogen and oxygen atoms in total. The van der Waals surface area contributed by atoms with E-state index < -0.39 is 17.8 Å². The molecule has 2 aromatic rings. The number of halogens is 2. The highest BCUT2D eigenvalue weighted by atomic mass is 19.1. The van der Waals surface area contributed by atoms with E-state index in [1.54, 1.807) is 24.3 Å². The number of amides is 1. The number of carbonyl (C=O) groups excluding carboxylic acids is 1. The lowest BCUT2D eigenvalue weighted by molar-refractivity contribution is -0.133. The van der Waals surface area contributed by atoms with Gasteiger partial charge in [-0.1, -0.05) is 18.2 Å². The minimum atomic E-state index is -0.618. The number of benzene rings is 2. The van der Waals surface area contributed by atoms with Gasteiger partial charge in [-0.25, -0.2) is 13.8 Å². The summed E-state index contributed by atoms with van der Waals surface area (Å²) in [5, 5.41) is 15.0. The number of fused-ring (bicyclic) bond motifs is 1. The summed E-state index contributed by atoms with van der Waals surface area (Å²) in [6.45, 7) is 0. The number of hydrazone groups is 1. The van der Waals surface area contributed by atoms with Gasteiger partial charge < -0.3 is 0 Å². The zero-order valence-corrected chi connectivity index (χ0v) is 16.1. The summed E-state index contributed by atoms with van der Waals surface area (Å²) in [5.74, 6) is -1.47. The minimum absolute atomic E-state index is 0.124. The van der Waals surface area contributed by atoms with Gasteiger partial charge >= 0.3 is 0 Å². The second kappa shape index (κ2) is 7.13. The van der Waals surface area contributed by atoms with Gasteiger partial charge in [0.05, 0.1) is 23.8 Å². The minimum Gasteiger partial charge on any atom is -0.272 e. The Balaban J connectivity index is 1.52. The maximum Gasteiger partial charge on any atom is 0.250 e. The molecule has 2 aliphatic heterocycles.